The van der Waals surface area contributed by atoms with E-state index in [0.717, 1.165) is 5.56 Å². The van der Waals surface area contributed by atoms with E-state index in [4.69, 9.17) is 0 Å². The van der Waals surface area contributed by atoms with Crippen LogP contribution in [0.2, 0.25) is 0 Å². The van der Waals surface area contributed by atoms with Crippen molar-refractivity contribution in [1.82, 2.24) is 14.5 Å². The fourth-order valence-electron chi connectivity index (χ4n) is 2.60. The summed E-state index contributed by atoms with van der Waals surface area (Å²) in [5.41, 5.74) is 0.845. The molecule has 0 aromatic heterocycles. The van der Waals surface area contributed by atoms with Crippen LogP contribution in [-0.2, 0) is 16.6 Å². The molecular weight excluding hydrogens is 319 g/mol. The first-order valence-corrected chi connectivity index (χ1v) is 9.17. The van der Waals surface area contributed by atoms with Crippen LogP contribution in [0.3, 0.4) is 0 Å². The van der Waals surface area contributed by atoms with E-state index < -0.39 is 10.0 Å². The van der Waals surface area contributed by atoms with Gasteiger partial charge >= 0.3 is 0 Å². The standard InChI is InChI=1S/C15H23FN4O2S/c1-17-15(18-7-9-20-8-4-10-23(20,21)22)19(2)12-13-5-3-6-14(16)11-13/h3,5-6,11H,4,7-10,12H2,1-2H3,(H,17,18). The molecule has 1 heterocycles. The zero-order valence-corrected chi connectivity index (χ0v) is 14.3. The third-order valence-electron chi connectivity index (χ3n) is 3.73. The molecule has 128 valence electrons. The Morgan fingerprint density at radius 3 is 2.87 bits per heavy atom. The Morgan fingerprint density at radius 1 is 1.48 bits per heavy atom. The summed E-state index contributed by atoms with van der Waals surface area (Å²) in [5.74, 6) is 0.616. The Balaban J connectivity index is 1.85. The summed E-state index contributed by atoms with van der Waals surface area (Å²) in [6, 6.07) is 6.42. The Hall–Kier alpha value is -1.67. The number of halogens is 1. The summed E-state index contributed by atoms with van der Waals surface area (Å²) in [5, 5.41) is 3.14. The maximum Gasteiger partial charge on any atom is 0.214 e. The van der Waals surface area contributed by atoms with E-state index in [1.807, 2.05) is 18.0 Å². The van der Waals surface area contributed by atoms with Gasteiger partial charge in [-0.15, -0.1) is 0 Å². The molecule has 8 heteroatoms. The Bertz CT molecular complexity index is 663. The van der Waals surface area contributed by atoms with Gasteiger partial charge in [0.2, 0.25) is 10.0 Å². The Morgan fingerprint density at radius 2 is 2.26 bits per heavy atom. The zero-order valence-electron chi connectivity index (χ0n) is 13.5. The molecule has 0 saturated carbocycles. The minimum Gasteiger partial charge on any atom is -0.355 e. The van der Waals surface area contributed by atoms with Crippen LogP contribution in [0.25, 0.3) is 0 Å². The second-order valence-corrected chi connectivity index (χ2v) is 7.62. The molecule has 2 rings (SSSR count). The zero-order chi connectivity index (χ0) is 16.9. The molecule has 0 amide bonds. The van der Waals surface area contributed by atoms with Gasteiger partial charge in [-0.3, -0.25) is 4.99 Å². The molecule has 0 atom stereocenters. The summed E-state index contributed by atoms with van der Waals surface area (Å²) < 4.78 is 38.2. The third kappa shape index (κ3) is 4.90. The lowest BCUT2D eigenvalue weighted by molar-refractivity contribution is 0.432. The number of hydrogen-bond donors (Lipinski definition) is 1. The van der Waals surface area contributed by atoms with Gasteiger partial charge in [0.15, 0.2) is 5.96 Å². The van der Waals surface area contributed by atoms with Crippen LogP contribution >= 0.6 is 0 Å². The molecule has 6 nitrogen and oxygen atoms in total. The molecule has 1 N–H and O–H groups in total. The predicted molar refractivity (Wildman–Crippen MR) is 89.2 cm³/mol. The first kappa shape index (κ1) is 17.7. The summed E-state index contributed by atoms with van der Waals surface area (Å²) in [6.07, 6.45) is 0.691. The number of sulfonamides is 1. The third-order valence-corrected chi connectivity index (χ3v) is 5.69. The lowest BCUT2D eigenvalue weighted by Gasteiger charge is -2.23. The van der Waals surface area contributed by atoms with Gasteiger partial charge in [0, 0.05) is 40.3 Å². The summed E-state index contributed by atoms with van der Waals surface area (Å²) >= 11 is 0. The summed E-state index contributed by atoms with van der Waals surface area (Å²) in [4.78, 5) is 6.05. The molecule has 0 aliphatic carbocycles. The van der Waals surface area contributed by atoms with Crippen LogP contribution in [0.1, 0.15) is 12.0 Å². The van der Waals surface area contributed by atoms with Crippen molar-refractivity contribution in [2.24, 2.45) is 4.99 Å². The normalized spacial score (nSPS) is 18.1. The highest BCUT2D eigenvalue weighted by Crippen LogP contribution is 2.12. The molecule has 1 fully saturated rings. The highest BCUT2D eigenvalue weighted by Gasteiger charge is 2.27. The second kappa shape index (κ2) is 7.74. The van der Waals surface area contributed by atoms with Crippen LogP contribution in [-0.4, -0.2) is 63.1 Å². The van der Waals surface area contributed by atoms with E-state index >= 15 is 0 Å². The van der Waals surface area contributed by atoms with Crippen LogP contribution < -0.4 is 5.32 Å². The van der Waals surface area contributed by atoms with E-state index in [9.17, 15) is 12.8 Å². The minimum absolute atomic E-state index is 0.237. The van der Waals surface area contributed by atoms with Gasteiger partial charge in [0.05, 0.1) is 5.75 Å². The van der Waals surface area contributed by atoms with E-state index in [-0.39, 0.29) is 11.6 Å². The highest BCUT2D eigenvalue weighted by molar-refractivity contribution is 7.89. The Labute approximate surface area is 137 Å². The van der Waals surface area contributed by atoms with Crippen molar-refractivity contribution in [2.45, 2.75) is 13.0 Å². The molecule has 0 spiro atoms. The van der Waals surface area contributed by atoms with Gasteiger partial charge in [-0.2, -0.15) is 0 Å². The highest BCUT2D eigenvalue weighted by atomic mass is 32.2. The smallest absolute Gasteiger partial charge is 0.214 e. The molecule has 1 aliphatic heterocycles. The number of hydrogen-bond acceptors (Lipinski definition) is 3. The predicted octanol–water partition coefficient (Wildman–Crippen LogP) is 0.868. The molecule has 1 saturated heterocycles. The second-order valence-electron chi connectivity index (χ2n) is 5.53. The van der Waals surface area contributed by atoms with Crippen molar-refractivity contribution in [3.8, 4) is 0 Å². The maximum absolute atomic E-state index is 13.2. The van der Waals surface area contributed by atoms with Crippen molar-refractivity contribution in [2.75, 3.05) is 39.5 Å². The van der Waals surface area contributed by atoms with E-state index in [1.165, 1.54) is 16.4 Å². The molecule has 1 aromatic rings. The SMILES string of the molecule is CN=C(NCCN1CCCS1(=O)=O)N(C)Cc1cccc(F)c1. The van der Waals surface area contributed by atoms with Crippen LogP contribution in [0.5, 0.6) is 0 Å². The first-order chi connectivity index (χ1) is 10.9. The van der Waals surface area contributed by atoms with Gasteiger partial charge in [0.25, 0.3) is 0 Å². The molecule has 1 aromatic carbocycles. The molecule has 0 unspecified atom stereocenters. The summed E-state index contributed by atoms with van der Waals surface area (Å²) in [7, 11) is 0.451. The molecule has 1 aliphatic rings. The molecule has 23 heavy (non-hydrogen) atoms. The molecular formula is C15H23FN4O2S. The Kier molecular flexibility index (Phi) is 5.95. The number of nitrogens with zero attached hydrogens (tertiary/aromatic N) is 3. The average Bonchev–Trinajstić information content (AvgIpc) is 2.82. The van der Waals surface area contributed by atoms with Crippen molar-refractivity contribution in [1.29, 1.82) is 0 Å². The van der Waals surface area contributed by atoms with Crippen LogP contribution in [0.4, 0.5) is 4.39 Å². The number of nitrogens with one attached hydrogen (secondary N) is 1. The minimum atomic E-state index is -3.07. The summed E-state index contributed by atoms with van der Waals surface area (Å²) in [6.45, 7) is 2.01. The van der Waals surface area contributed by atoms with Gasteiger partial charge in [-0.25, -0.2) is 17.1 Å². The van der Waals surface area contributed by atoms with Gasteiger partial charge in [0.1, 0.15) is 5.82 Å². The largest absolute Gasteiger partial charge is 0.355 e. The van der Waals surface area contributed by atoms with Gasteiger partial charge in [-0.1, -0.05) is 12.1 Å². The van der Waals surface area contributed by atoms with Crippen LogP contribution in [0, 0.1) is 5.82 Å². The van der Waals surface area contributed by atoms with Crippen molar-refractivity contribution < 1.29 is 12.8 Å². The average molecular weight is 342 g/mol. The van der Waals surface area contributed by atoms with Crippen molar-refractivity contribution in [3.05, 3.63) is 35.6 Å². The van der Waals surface area contributed by atoms with Crippen molar-refractivity contribution >= 4 is 16.0 Å². The number of aliphatic imine (C=N–C) groups is 1. The quantitative estimate of drug-likeness (QED) is 0.637. The van der Waals surface area contributed by atoms with Crippen molar-refractivity contribution in [3.63, 3.8) is 0 Å². The first-order valence-electron chi connectivity index (χ1n) is 7.56. The van der Waals surface area contributed by atoms with E-state index in [2.05, 4.69) is 10.3 Å². The fraction of sp³-hybridized carbons (Fsp3) is 0.533. The van der Waals surface area contributed by atoms with Gasteiger partial charge < -0.3 is 10.2 Å². The lowest BCUT2D eigenvalue weighted by Crippen LogP contribution is -2.42. The topological polar surface area (TPSA) is 65.0 Å². The fourth-order valence-corrected chi connectivity index (χ4v) is 4.13. The number of guanidine groups is 1. The van der Waals surface area contributed by atoms with E-state index in [0.29, 0.717) is 38.6 Å². The van der Waals surface area contributed by atoms with Gasteiger partial charge in [-0.05, 0) is 24.1 Å². The lowest BCUT2D eigenvalue weighted by atomic mass is 10.2. The molecule has 0 radical (unpaired) electrons. The maximum atomic E-state index is 13.2. The monoisotopic (exact) mass is 342 g/mol. The van der Waals surface area contributed by atoms with Crippen LogP contribution in [0.15, 0.2) is 29.3 Å². The molecule has 0 bridgehead atoms. The van der Waals surface area contributed by atoms with E-state index in [1.54, 1.807) is 13.1 Å². The number of rotatable bonds is 5. The number of benzene rings is 1.